The van der Waals surface area contributed by atoms with E-state index in [2.05, 4.69) is 4.98 Å². The number of hydrogen-bond acceptors (Lipinski definition) is 6. The Labute approximate surface area is 134 Å². The molecule has 23 heavy (non-hydrogen) atoms. The van der Waals surface area contributed by atoms with Gasteiger partial charge >= 0.3 is 0 Å². The number of aliphatic hydroxyl groups is 2. The highest BCUT2D eigenvalue weighted by Gasteiger charge is 2.49. The number of aromatic hydroxyl groups is 1. The van der Waals surface area contributed by atoms with Gasteiger partial charge in [0.25, 0.3) is 5.91 Å². The second-order valence-corrected chi connectivity index (χ2v) is 6.74. The van der Waals surface area contributed by atoms with Crippen LogP contribution in [0, 0.1) is 0 Å². The van der Waals surface area contributed by atoms with Crippen molar-refractivity contribution in [3.63, 3.8) is 0 Å². The summed E-state index contributed by atoms with van der Waals surface area (Å²) in [6.45, 7) is 2.75. The van der Waals surface area contributed by atoms with Gasteiger partial charge in [-0.3, -0.25) is 4.79 Å². The number of pyridine rings is 1. The first-order chi connectivity index (χ1) is 10.8. The van der Waals surface area contributed by atoms with Gasteiger partial charge in [-0.15, -0.1) is 0 Å². The van der Waals surface area contributed by atoms with E-state index in [0.29, 0.717) is 38.0 Å². The molecule has 2 saturated heterocycles. The second kappa shape index (κ2) is 5.74. The quantitative estimate of drug-likeness (QED) is 0.687. The normalized spacial score (nSPS) is 30.4. The van der Waals surface area contributed by atoms with Crippen LogP contribution in [0.25, 0.3) is 0 Å². The predicted molar refractivity (Wildman–Crippen MR) is 81.0 cm³/mol. The van der Waals surface area contributed by atoms with E-state index in [1.54, 1.807) is 11.8 Å². The Balaban J connectivity index is 1.64. The molecular weight excluding hydrogens is 300 g/mol. The van der Waals surface area contributed by atoms with Crippen molar-refractivity contribution in [2.75, 3.05) is 19.7 Å². The standard InChI is InChI=1S/C16H22N2O5/c1-15(22)10-16(23-9-13(15)20)4-6-18(7-5-16)14(21)12-3-2-11(19)8-17-12/h2-3,8,13,19-20,22H,4-7,9-10H2,1H3/t13-,15-/m0/s1. The highest BCUT2D eigenvalue weighted by molar-refractivity contribution is 5.92. The largest absolute Gasteiger partial charge is 0.506 e. The van der Waals surface area contributed by atoms with Crippen molar-refractivity contribution >= 4 is 5.91 Å². The molecule has 2 aliphatic heterocycles. The summed E-state index contributed by atoms with van der Waals surface area (Å²) in [4.78, 5) is 18.1. The van der Waals surface area contributed by atoms with E-state index in [1.807, 2.05) is 0 Å². The lowest BCUT2D eigenvalue weighted by Gasteiger charge is -2.49. The summed E-state index contributed by atoms with van der Waals surface area (Å²) in [7, 11) is 0. The number of piperidine rings is 1. The molecule has 1 amide bonds. The number of aliphatic hydroxyl groups excluding tert-OH is 1. The van der Waals surface area contributed by atoms with Crippen molar-refractivity contribution in [3.05, 3.63) is 24.0 Å². The summed E-state index contributed by atoms with van der Waals surface area (Å²) in [6, 6.07) is 2.94. The Kier molecular flexibility index (Phi) is 4.03. The summed E-state index contributed by atoms with van der Waals surface area (Å²) in [5.74, 6) is -0.155. The summed E-state index contributed by atoms with van der Waals surface area (Å²) in [5.41, 5.74) is -1.35. The number of nitrogens with zero attached hydrogens (tertiary/aromatic N) is 2. The molecule has 0 unspecified atom stereocenters. The lowest BCUT2D eigenvalue weighted by Crippen LogP contribution is -2.59. The fourth-order valence-electron chi connectivity index (χ4n) is 3.37. The average molecular weight is 322 g/mol. The number of rotatable bonds is 1. The van der Waals surface area contributed by atoms with Gasteiger partial charge in [0, 0.05) is 19.5 Å². The van der Waals surface area contributed by atoms with Crippen LogP contribution in [0.1, 0.15) is 36.7 Å². The molecule has 0 aliphatic carbocycles. The van der Waals surface area contributed by atoms with E-state index in [4.69, 9.17) is 4.74 Å². The minimum absolute atomic E-state index is 0.0236. The SMILES string of the molecule is C[C@]1(O)CC2(CCN(C(=O)c3ccc(O)cn3)CC2)OC[C@@H]1O. The van der Waals surface area contributed by atoms with Gasteiger partial charge in [0.05, 0.1) is 24.0 Å². The van der Waals surface area contributed by atoms with Crippen LogP contribution in [0.4, 0.5) is 0 Å². The van der Waals surface area contributed by atoms with Crippen LogP contribution >= 0.6 is 0 Å². The van der Waals surface area contributed by atoms with Crippen molar-refractivity contribution in [2.24, 2.45) is 0 Å². The topological polar surface area (TPSA) is 103 Å². The molecule has 3 rings (SSSR count). The number of amides is 1. The first kappa shape index (κ1) is 16.2. The van der Waals surface area contributed by atoms with Crippen molar-refractivity contribution in [1.29, 1.82) is 0 Å². The second-order valence-electron chi connectivity index (χ2n) is 6.74. The van der Waals surface area contributed by atoms with E-state index in [1.165, 1.54) is 18.3 Å². The fourth-order valence-corrected chi connectivity index (χ4v) is 3.37. The third-order valence-corrected chi connectivity index (χ3v) is 4.87. The molecule has 1 aromatic rings. The molecule has 1 spiro atoms. The number of carbonyl (C=O) groups is 1. The average Bonchev–Trinajstić information content (AvgIpc) is 2.52. The van der Waals surface area contributed by atoms with Gasteiger partial charge in [0.15, 0.2) is 0 Å². The minimum Gasteiger partial charge on any atom is -0.506 e. The molecule has 0 aromatic carbocycles. The molecule has 0 radical (unpaired) electrons. The van der Waals surface area contributed by atoms with Gasteiger partial charge in [-0.2, -0.15) is 0 Å². The first-order valence-corrected chi connectivity index (χ1v) is 7.80. The minimum atomic E-state index is -1.16. The van der Waals surface area contributed by atoms with Gasteiger partial charge in [-0.25, -0.2) is 4.98 Å². The Hall–Kier alpha value is -1.70. The number of ether oxygens (including phenoxy) is 1. The van der Waals surface area contributed by atoms with Gasteiger partial charge in [-0.05, 0) is 31.9 Å². The molecule has 2 fully saturated rings. The van der Waals surface area contributed by atoms with Crippen LogP contribution < -0.4 is 0 Å². The predicted octanol–water partition coefficient (Wildman–Crippen LogP) is 0.294. The Morgan fingerprint density at radius 2 is 2.09 bits per heavy atom. The molecule has 2 atom stereocenters. The summed E-state index contributed by atoms with van der Waals surface area (Å²) >= 11 is 0. The van der Waals surface area contributed by atoms with E-state index < -0.39 is 17.3 Å². The lowest BCUT2D eigenvalue weighted by molar-refractivity contribution is -0.221. The van der Waals surface area contributed by atoms with Crippen LogP contribution in [0.2, 0.25) is 0 Å². The van der Waals surface area contributed by atoms with E-state index >= 15 is 0 Å². The molecule has 126 valence electrons. The smallest absolute Gasteiger partial charge is 0.272 e. The Morgan fingerprint density at radius 3 is 2.65 bits per heavy atom. The van der Waals surface area contributed by atoms with Gasteiger partial charge < -0.3 is 25.0 Å². The van der Waals surface area contributed by atoms with Crippen LogP contribution in [0.3, 0.4) is 0 Å². The maximum atomic E-state index is 12.4. The number of likely N-dealkylation sites (tertiary alicyclic amines) is 1. The zero-order chi connectivity index (χ0) is 16.7. The Morgan fingerprint density at radius 1 is 1.39 bits per heavy atom. The van der Waals surface area contributed by atoms with Crippen LogP contribution in [0.15, 0.2) is 18.3 Å². The molecule has 3 N–H and O–H groups in total. The van der Waals surface area contributed by atoms with Crippen molar-refractivity contribution in [2.45, 2.75) is 43.5 Å². The molecule has 7 nitrogen and oxygen atoms in total. The molecule has 3 heterocycles. The Bertz CT molecular complexity index is 579. The van der Waals surface area contributed by atoms with E-state index in [0.717, 1.165) is 0 Å². The maximum Gasteiger partial charge on any atom is 0.272 e. The number of hydrogen-bond donors (Lipinski definition) is 3. The number of carbonyl (C=O) groups excluding carboxylic acids is 1. The van der Waals surface area contributed by atoms with Crippen molar-refractivity contribution in [3.8, 4) is 5.75 Å². The van der Waals surface area contributed by atoms with E-state index in [-0.39, 0.29) is 18.3 Å². The van der Waals surface area contributed by atoms with Crippen LogP contribution in [-0.2, 0) is 4.74 Å². The zero-order valence-electron chi connectivity index (χ0n) is 13.1. The van der Waals surface area contributed by atoms with Crippen molar-refractivity contribution < 1.29 is 24.9 Å². The fraction of sp³-hybridized carbons (Fsp3) is 0.625. The van der Waals surface area contributed by atoms with Gasteiger partial charge in [-0.1, -0.05) is 0 Å². The highest BCUT2D eigenvalue weighted by Crippen LogP contribution is 2.39. The van der Waals surface area contributed by atoms with Crippen molar-refractivity contribution in [1.82, 2.24) is 9.88 Å². The summed E-state index contributed by atoms with van der Waals surface area (Å²) < 4.78 is 5.81. The molecule has 7 heteroatoms. The molecule has 1 aromatic heterocycles. The molecule has 0 saturated carbocycles. The molecule has 2 aliphatic rings. The first-order valence-electron chi connectivity index (χ1n) is 7.80. The third-order valence-electron chi connectivity index (χ3n) is 4.87. The van der Waals surface area contributed by atoms with Crippen LogP contribution in [0.5, 0.6) is 5.75 Å². The van der Waals surface area contributed by atoms with Gasteiger partial charge in [0.2, 0.25) is 0 Å². The van der Waals surface area contributed by atoms with Gasteiger partial charge in [0.1, 0.15) is 17.5 Å². The van der Waals surface area contributed by atoms with E-state index in [9.17, 15) is 20.1 Å². The number of aromatic nitrogens is 1. The molecular formula is C16H22N2O5. The molecule has 0 bridgehead atoms. The lowest BCUT2D eigenvalue weighted by atomic mass is 9.76. The monoisotopic (exact) mass is 322 g/mol. The highest BCUT2D eigenvalue weighted by atomic mass is 16.5. The zero-order valence-corrected chi connectivity index (χ0v) is 13.1. The van der Waals surface area contributed by atoms with Crippen LogP contribution in [-0.4, -0.2) is 68.1 Å². The third kappa shape index (κ3) is 3.17. The summed E-state index contributed by atoms with van der Waals surface area (Å²) in [6.07, 6.45) is 1.95. The maximum absolute atomic E-state index is 12.4. The summed E-state index contributed by atoms with van der Waals surface area (Å²) in [5, 5.41) is 29.3.